The molecule has 2 rings (SSSR count). The van der Waals surface area contributed by atoms with Crippen LogP contribution in [0.2, 0.25) is 0 Å². The first-order valence-corrected chi connectivity index (χ1v) is 8.04. The number of rotatable bonds is 2. The van der Waals surface area contributed by atoms with Gasteiger partial charge in [0, 0.05) is 16.8 Å². The van der Waals surface area contributed by atoms with E-state index in [0.717, 1.165) is 25.0 Å². The molecule has 1 heterocycles. The second-order valence-electron chi connectivity index (χ2n) is 8.15. The Balaban J connectivity index is 2.21. The lowest BCUT2D eigenvalue weighted by Crippen LogP contribution is -2.53. The zero-order chi connectivity index (χ0) is 14.5. The molecule has 1 fully saturated rings. The number of nitrogens with two attached hydrogens (primary N) is 1. The average Bonchev–Trinajstić information content (AvgIpc) is 2.36. The van der Waals surface area contributed by atoms with E-state index in [1.54, 1.807) is 0 Å². The van der Waals surface area contributed by atoms with Crippen LogP contribution in [0.5, 0.6) is 0 Å². The van der Waals surface area contributed by atoms with Crippen molar-refractivity contribution in [2.75, 3.05) is 0 Å². The number of aryl methyl sites for hydroxylation is 2. The summed E-state index contributed by atoms with van der Waals surface area (Å²) in [6.45, 7) is 13.7. The molecule has 1 aromatic heterocycles. The van der Waals surface area contributed by atoms with Crippen molar-refractivity contribution in [1.82, 2.24) is 4.98 Å². The lowest BCUT2D eigenvalue weighted by Gasteiger charge is -2.50. The smallest absolute Gasteiger partial charge is 0.0949 e. The summed E-state index contributed by atoms with van der Waals surface area (Å²) in [5.41, 5.74) is 8.50. The van der Waals surface area contributed by atoms with Crippen LogP contribution in [0.4, 0.5) is 0 Å². The van der Waals surface area contributed by atoms with Crippen LogP contribution >= 0.6 is 11.3 Å². The van der Waals surface area contributed by atoms with Gasteiger partial charge in [0.05, 0.1) is 10.7 Å². The highest BCUT2D eigenvalue weighted by molar-refractivity contribution is 7.11. The van der Waals surface area contributed by atoms with Crippen LogP contribution in [0.25, 0.3) is 0 Å². The van der Waals surface area contributed by atoms with Crippen LogP contribution in [-0.2, 0) is 6.42 Å². The van der Waals surface area contributed by atoms with Gasteiger partial charge in [-0.05, 0) is 43.9 Å². The lowest BCUT2D eigenvalue weighted by molar-refractivity contribution is 0.0487. The molecule has 0 unspecified atom stereocenters. The van der Waals surface area contributed by atoms with E-state index in [0.29, 0.717) is 10.8 Å². The van der Waals surface area contributed by atoms with Crippen LogP contribution in [0.15, 0.2) is 0 Å². The molecule has 1 saturated carbocycles. The molecule has 108 valence electrons. The number of hydrogen-bond donors (Lipinski definition) is 1. The minimum Gasteiger partial charge on any atom is -0.325 e. The molecule has 0 aromatic carbocycles. The van der Waals surface area contributed by atoms with Crippen LogP contribution in [0.3, 0.4) is 0 Å². The number of nitrogens with zero attached hydrogens (tertiary/aromatic N) is 1. The molecule has 0 atom stereocenters. The van der Waals surface area contributed by atoms with Gasteiger partial charge in [-0.3, -0.25) is 0 Å². The second-order valence-corrected chi connectivity index (χ2v) is 9.43. The fraction of sp³-hybridized carbons (Fsp3) is 0.812. The standard InChI is InChI=1S/C16H28N2S/c1-11-12(2)19-13(18-11)7-16(17)9-14(3,4)8-15(5,6)10-16/h7-10,17H2,1-6H3. The van der Waals surface area contributed by atoms with Gasteiger partial charge in [0.15, 0.2) is 0 Å². The van der Waals surface area contributed by atoms with Crippen molar-refractivity contribution in [3.05, 3.63) is 15.6 Å². The summed E-state index contributed by atoms with van der Waals surface area (Å²) in [5, 5.41) is 1.21. The van der Waals surface area contributed by atoms with Gasteiger partial charge in [-0.2, -0.15) is 0 Å². The van der Waals surface area contributed by atoms with E-state index in [1.165, 1.54) is 16.3 Å². The molecule has 0 radical (unpaired) electrons. The van der Waals surface area contributed by atoms with Crippen molar-refractivity contribution in [1.29, 1.82) is 0 Å². The zero-order valence-electron chi connectivity index (χ0n) is 13.3. The Hall–Kier alpha value is -0.410. The summed E-state index contributed by atoms with van der Waals surface area (Å²) in [6, 6.07) is 0. The maximum Gasteiger partial charge on any atom is 0.0949 e. The van der Waals surface area contributed by atoms with E-state index in [2.05, 4.69) is 46.5 Å². The fourth-order valence-electron chi connectivity index (χ4n) is 4.43. The summed E-state index contributed by atoms with van der Waals surface area (Å²) in [4.78, 5) is 6.01. The third kappa shape index (κ3) is 3.57. The highest BCUT2D eigenvalue weighted by Gasteiger charge is 2.45. The minimum absolute atomic E-state index is 0.0953. The van der Waals surface area contributed by atoms with Gasteiger partial charge in [-0.25, -0.2) is 4.98 Å². The largest absolute Gasteiger partial charge is 0.325 e. The van der Waals surface area contributed by atoms with Gasteiger partial charge in [0.1, 0.15) is 0 Å². The lowest BCUT2D eigenvalue weighted by atomic mass is 9.58. The second kappa shape index (κ2) is 4.56. The predicted molar refractivity (Wildman–Crippen MR) is 83.6 cm³/mol. The summed E-state index contributed by atoms with van der Waals surface area (Å²) >= 11 is 1.82. The Bertz CT molecular complexity index is 436. The first kappa shape index (κ1) is 15.0. The summed E-state index contributed by atoms with van der Waals surface area (Å²) < 4.78 is 0. The number of thiazole rings is 1. The zero-order valence-corrected chi connectivity index (χ0v) is 14.1. The minimum atomic E-state index is -0.0953. The van der Waals surface area contributed by atoms with Gasteiger partial charge >= 0.3 is 0 Å². The number of aromatic nitrogens is 1. The maximum absolute atomic E-state index is 6.77. The molecule has 2 N–H and O–H groups in total. The van der Waals surface area contributed by atoms with E-state index in [1.807, 2.05) is 11.3 Å². The van der Waals surface area contributed by atoms with Crippen LogP contribution in [0, 0.1) is 24.7 Å². The van der Waals surface area contributed by atoms with Gasteiger partial charge in [0.25, 0.3) is 0 Å². The molecule has 19 heavy (non-hydrogen) atoms. The summed E-state index contributed by atoms with van der Waals surface area (Å²) in [5.74, 6) is 0. The molecule has 0 amide bonds. The monoisotopic (exact) mass is 280 g/mol. The van der Waals surface area contributed by atoms with E-state index in [-0.39, 0.29) is 5.54 Å². The Morgan fingerprint density at radius 2 is 1.58 bits per heavy atom. The van der Waals surface area contributed by atoms with Crippen molar-refractivity contribution in [2.24, 2.45) is 16.6 Å². The fourth-order valence-corrected chi connectivity index (χ4v) is 5.52. The first-order valence-electron chi connectivity index (χ1n) is 7.22. The van der Waals surface area contributed by atoms with Gasteiger partial charge in [-0.15, -0.1) is 11.3 Å². The summed E-state index contributed by atoms with van der Waals surface area (Å²) in [6.07, 6.45) is 4.39. The van der Waals surface area contributed by atoms with Crippen LogP contribution in [-0.4, -0.2) is 10.5 Å². The Labute approximate surface area is 121 Å². The molecule has 1 aliphatic rings. The van der Waals surface area contributed by atoms with E-state index in [9.17, 15) is 0 Å². The van der Waals surface area contributed by atoms with Crippen molar-refractivity contribution in [3.8, 4) is 0 Å². The molecule has 0 spiro atoms. The Morgan fingerprint density at radius 1 is 1.05 bits per heavy atom. The third-order valence-electron chi connectivity index (χ3n) is 4.19. The topological polar surface area (TPSA) is 38.9 Å². The molecule has 2 nitrogen and oxygen atoms in total. The number of hydrogen-bond acceptors (Lipinski definition) is 3. The summed E-state index contributed by atoms with van der Waals surface area (Å²) in [7, 11) is 0. The molecule has 3 heteroatoms. The van der Waals surface area contributed by atoms with Crippen LogP contribution in [0.1, 0.15) is 62.5 Å². The Morgan fingerprint density at radius 3 is 2.00 bits per heavy atom. The van der Waals surface area contributed by atoms with Crippen molar-refractivity contribution < 1.29 is 0 Å². The Kier molecular flexibility index (Phi) is 3.60. The van der Waals surface area contributed by atoms with Crippen molar-refractivity contribution in [3.63, 3.8) is 0 Å². The van der Waals surface area contributed by atoms with E-state index < -0.39 is 0 Å². The van der Waals surface area contributed by atoms with Gasteiger partial charge < -0.3 is 5.73 Å². The highest BCUT2D eigenvalue weighted by atomic mass is 32.1. The predicted octanol–water partition coefficient (Wildman–Crippen LogP) is 4.24. The third-order valence-corrected chi connectivity index (χ3v) is 5.27. The van der Waals surface area contributed by atoms with Crippen molar-refractivity contribution >= 4 is 11.3 Å². The average molecular weight is 280 g/mol. The van der Waals surface area contributed by atoms with E-state index >= 15 is 0 Å². The molecule has 0 aliphatic heterocycles. The molecular weight excluding hydrogens is 252 g/mol. The quantitative estimate of drug-likeness (QED) is 0.880. The first-order chi connectivity index (χ1) is 8.50. The SMILES string of the molecule is Cc1nc(CC2(N)CC(C)(C)CC(C)(C)C2)sc1C. The van der Waals surface area contributed by atoms with Crippen LogP contribution < -0.4 is 5.73 Å². The normalized spacial score (nSPS) is 24.4. The molecule has 0 bridgehead atoms. The van der Waals surface area contributed by atoms with Gasteiger partial charge in [-0.1, -0.05) is 27.7 Å². The maximum atomic E-state index is 6.77. The molecule has 1 aromatic rings. The molecule has 1 aliphatic carbocycles. The van der Waals surface area contributed by atoms with Crippen molar-refractivity contribution in [2.45, 2.75) is 72.8 Å². The highest BCUT2D eigenvalue weighted by Crippen LogP contribution is 2.50. The van der Waals surface area contributed by atoms with E-state index in [4.69, 9.17) is 5.73 Å². The molecule has 0 saturated heterocycles. The van der Waals surface area contributed by atoms with Gasteiger partial charge in [0.2, 0.25) is 0 Å². The molecular formula is C16H28N2S.